The van der Waals surface area contributed by atoms with Crippen LogP contribution < -0.4 is 16.8 Å². The molecule has 0 unspecified atom stereocenters. The van der Waals surface area contributed by atoms with Crippen LogP contribution in [0.3, 0.4) is 0 Å². The van der Waals surface area contributed by atoms with Crippen molar-refractivity contribution < 1.29 is 9.59 Å². The molecule has 2 rings (SSSR count). The Hall–Kier alpha value is -1.82. The number of nitrogens with two attached hydrogens (primary N) is 2. The third-order valence-electron chi connectivity index (χ3n) is 4.14. The first-order chi connectivity index (χ1) is 10.1. The lowest BCUT2D eigenvalue weighted by atomic mass is 9.93. The van der Waals surface area contributed by atoms with Crippen LogP contribution in [-0.4, -0.2) is 42.9 Å². The van der Waals surface area contributed by atoms with Crippen LogP contribution in [0.1, 0.15) is 25.7 Å². The van der Waals surface area contributed by atoms with Crippen molar-refractivity contribution in [2.45, 2.75) is 25.7 Å². The Kier molecular flexibility index (Phi) is 5.38. The van der Waals surface area contributed by atoms with Gasteiger partial charge in [0.25, 0.3) is 0 Å². The van der Waals surface area contributed by atoms with Crippen molar-refractivity contribution in [2.75, 3.05) is 26.2 Å². The van der Waals surface area contributed by atoms with E-state index >= 15 is 0 Å². The van der Waals surface area contributed by atoms with E-state index in [-0.39, 0.29) is 0 Å². The molecule has 0 atom stereocenters. The molecule has 2 amide bonds. The van der Waals surface area contributed by atoms with Gasteiger partial charge in [-0.05, 0) is 50.8 Å². The van der Waals surface area contributed by atoms with Crippen LogP contribution in [0.2, 0.25) is 0 Å². The van der Waals surface area contributed by atoms with Gasteiger partial charge < -0.3 is 21.7 Å². The second-order valence-corrected chi connectivity index (χ2v) is 5.79. The summed E-state index contributed by atoms with van der Waals surface area (Å²) in [6.07, 6.45) is 7.90. The van der Waals surface area contributed by atoms with Crippen LogP contribution >= 0.6 is 0 Å². The predicted octanol–water partition coefficient (Wildman–Crippen LogP) is -0.137. The summed E-state index contributed by atoms with van der Waals surface area (Å²) in [6, 6.07) is 0. The summed E-state index contributed by atoms with van der Waals surface area (Å²) in [5.74, 6) is -0.246. The first kappa shape index (κ1) is 15.6. The molecular weight excluding hydrogens is 268 g/mol. The lowest BCUT2D eigenvalue weighted by Gasteiger charge is -2.27. The molecule has 0 bridgehead atoms. The number of hydrogen-bond donors (Lipinski definition) is 3. The Balaban J connectivity index is 1.86. The highest BCUT2D eigenvalue weighted by Crippen LogP contribution is 2.19. The van der Waals surface area contributed by atoms with Crippen molar-refractivity contribution in [2.24, 2.45) is 17.4 Å². The van der Waals surface area contributed by atoms with Gasteiger partial charge in [-0.15, -0.1) is 0 Å². The number of hydrogen-bond acceptors (Lipinski definition) is 4. The quantitative estimate of drug-likeness (QED) is 0.634. The molecule has 0 aromatic rings. The Labute approximate surface area is 125 Å². The summed E-state index contributed by atoms with van der Waals surface area (Å²) in [5, 5.41) is 3.36. The molecule has 6 heteroatoms. The van der Waals surface area contributed by atoms with Crippen LogP contribution in [0.5, 0.6) is 0 Å². The average molecular weight is 292 g/mol. The van der Waals surface area contributed by atoms with E-state index in [9.17, 15) is 9.59 Å². The lowest BCUT2D eigenvalue weighted by molar-refractivity contribution is -0.114. The summed E-state index contributed by atoms with van der Waals surface area (Å²) in [5.41, 5.74) is 11.4. The third-order valence-corrected chi connectivity index (χ3v) is 4.14. The number of carbonyl (C=O) groups is 2. The molecule has 116 valence electrons. The zero-order valence-corrected chi connectivity index (χ0v) is 12.3. The van der Waals surface area contributed by atoms with E-state index in [2.05, 4.69) is 5.32 Å². The van der Waals surface area contributed by atoms with Crippen molar-refractivity contribution in [3.63, 3.8) is 0 Å². The van der Waals surface area contributed by atoms with Crippen molar-refractivity contribution in [3.05, 3.63) is 23.4 Å². The molecule has 21 heavy (non-hydrogen) atoms. The van der Waals surface area contributed by atoms with E-state index in [0.717, 1.165) is 32.0 Å². The third kappa shape index (κ3) is 4.60. The molecule has 1 fully saturated rings. The van der Waals surface area contributed by atoms with Gasteiger partial charge >= 0.3 is 0 Å². The molecule has 2 heterocycles. The smallest absolute Gasteiger partial charge is 0.250 e. The standard InChI is InChI=1S/C15H24N4O2/c16-14(20)12-8-13(15(17)21)10-19(9-12)7-1-2-11-3-5-18-6-4-11/h8-9,11,18H,1-7,10H2,(H2,16,20)(H2,17,21). The molecule has 0 aromatic heterocycles. The number of rotatable bonds is 6. The van der Waals surface area contributed by atoms with E-state index in [1.807, 2.05) is 4.90 Å². The second-order valence-electron chi connectivity index (χ2n) is 5.79. The molecule has 2 aliphatic heterocycles. The largest absolute Gasteiger partial charge is 0.372 e. The highest BCUT2D eigenvalue weighted by Gasteiger charge is 2.19. The fourth-order valence-electron chi connectivity index (χ4n) is 2.91. The number of amides is 2. The summed E-state index contributed by atoms with van der Waals surface area (Å²) < 4.78 is 0. The van der Waals surface area contributed by atoms with Crippen LogP contribution in [0.4, 0.5) is 0 Å². The molecule has 0 radical (unpaired) electrons. The first-order valence-corrected chi connectivity index (χ1v) is 7.53. The fraction of sp³-hybridized carbons (Fsp3) is 0.600. The lowest BCUT2D eigenvalue weighted by Crippen LogP contribution is -2.33. The normalized spacial score (nSPS) is 19.9. The van der Waals surface area contributed by atoms with Crippen LogP contribution in [0.15, 0.2) is 23.4 Å². The summed E-state index contributed by atoms with van der Waals surface area (Å²) in [7, 11) is 0. The Bertz CT molecular complexity index is 464. The first-order valence-electron chi connectivity index (χ1n) is 7.53. The number of piperidine rings is 1. The van der Waals surface area contributed by atoms with Crippen molar-refractivity contribution in [1.29, 1.82) is 0 Å². The van der Waals surface area contributed by atoms with Crippen LogP contribution in [0, 0.1) is 5.92 Å². The highest BCUT2D eigenvalue weighted by atomic mass is 16.1. The topological polar surface area (TPSA) is 101 Å². The molecule has 1 saturated heterocycles. The number of nitrogens with one attached hydrogen (secondary N) is 1. The molecule has 0 spiro atoms. The van der Waals surface area contributed by atoms with Gasteiger partial charge in [0.2, 0.25) is 11.8 Å². The summed E-state index contributed by atoms with van der Waals surface area (Å²) in [6.45, 7) is 3.48. The van der Waals surface area contributed by atoms with Gasteiger partial charge in [0.1, 0.15) is 0 Å². The molecule has 2 aliphatic rings. The maximum absolute atomic E-state index is 11.3. The van der Waals surface area contributed by atoms with Gasteiger partial charge in [0, 0.05) is 24.9 Å². The molecular formula is C15H24N4O2. The molecule has 0 aromatic carbocycles. The average Bonchev–Trinajstić information content (AvgIpc) is 2.48. The number of nitrogens with zero attached hydrogens (tertiary/aromatic N) is 1. The Morgan fingerprint density at radius 1 is 1.24 bits per heavy atom. The van der Waals surface area contributed by atoms with Crippen molar-refractivity contribution >= 4 is 11.8 Å². The van der Waals surface area contributed by atoms with Gasteiger partial charge in [0.05, 0.1) is 5.57 Å². The van der Waals surface area contributed by atoms with Gasteiger partial charge in [-0.3, -0.25) is 9.59 Å². The van der Waals surface area contributed by atoms with Gasteiger partial charge in [-0.1, -0.05) is 0 Å². The molecule has 6 nitrogen and oxygen atoms in total. The van der Waals surface area contributed by atoms with Crippen molar-refractivity contribution in [3.8, 4) is 0 Å². The second kappa shape index (κ2) is 7.26. The Morgan fingerprint density at radius 3 is 2.57 bits per heavy atom. The van der Waals surface area contributed by atoms with Crippen LogP contribution in [-0.2, 0) is 9.59 Å². The fourth-order valence-corrected chi connectivity index (χ4v) is 2.91. The molecule has 0 aliphatic carbocycles. The Morgan fingerprint density at radius 2 is 1.95 bits per heavy atom. The monoisotopic (exact) mass is 292 g/mol. The minimum Gasteiger partial charge on any atom is -0.372 e. The zero-order chi connectivity index (χ0) is 15.2. The predicted molar refractivity (Wildman–Crippen MR) is 81.0 cm³/mol. The van der Waals surface area contributed by atoms with E-state index in [1.54, 1.807) is 6.20 Å². The number of primary amides is 2. The van der Waals surface area contributed by atoms with Gasteiger partial charge in [-0.2, -0.15) is 0 Å². The van der Waals surface area contributed by atoms with Crippen LogP contribution in [0.25, 0.3) is 0 Å². The zero-order valence-electron chi connectivity index (χ0n) is 12.3. The summed E-state index contributed by atoms with van der Waals surface area (Å²) >= 11 is 0. The maximum atomic E-state index is 11.3. The molecule has 5 N–H and O–H groups in total. The van der Waals surface area contributed by atoms with Gasteiger partial charge in [0.15, 0.2) is 0 Å². The maximum Gasteiger partial charge on any atom is 0.250 e. The van der Waals surface area contributed by atoms with Gasteiger partial charge in [-0.25, -0.2) is 0 Å². The minimum atomic E-state index is -0.531. The van der Waals surface area contributed by atoms with Crippen molar-refractivity contribution in [1.82, 2.24) is 10.2 Å². The number of carbonyl (C=O) groups excluding carboxylic acids is 2. The van der Waals surface area contributed by atoms with E-state index in [0.29, 0.717) is 17.7 Å². The van der Waals surface area contributed by atoms with E-state index in [1.165, 1.54) is 25.3 Å². The highest BCUT2D eigenvalue weighted by molar-refractivity contribution is 6.00. The molecule has 0 saturated carbocycles. The van der Waals surface area contributed by atoms with E-state index < -0.39 is 11.8 Å². The summed E-state index contributed by atoms with van der Waals surface area (Å²) in [4.78, 5) is 24.6. The minimum absolute atomic E-state index is 0.344. The SMILES string of the molecule is NC(=O)C1=CN(CCCC2CCNCC2)CC(C(N)=O)=C1. The van der Waals surface area contributed by atoms with E-state index in [4.69, 9.17) is 11.5 Å².